The van der Waals surface area contributed by atoms with Crippen LogP contribution in [0.15, 0.2) is 30.3 Å². The van der Waals surface area contributed by atoms with Crippen LogP contribution in [0.5, 0.6) is 0 Å². The summed E-state index contributed by atoms with van der Waals surface area (Å²) in [5.74, 6) is 0. The molecule has 0 spiro atoms. The molecule has 1 unspecified atom stereocenters. The molecule has 1 heterocycles. The first-order valence-corrected chi connectivity index (χ1v) is 6.32. The van der Waals surface area contributed by atoms with Gasteiger partial charge < -0.3 is 14.7 Å². The highest BCUT2D eigenvalue weighted by molar-refractivity contribution is 5.68. The Bertz CT molecular complexity index is 393. The maximum Gasteiger partial charge on any atom is 0.410 e. The summed E-state index contributed by atoms with van der Waals surface area (Å²) in [7, 11) is 0. The van der Waals surface area contributed by atoms with Gasteiger partial charge >= 0.3 is 6.09 Å². The molecular weight excluding hydrogens is 230 g/mol. The van der Waals surface area contributed by atoms with E-state index >= 15 is 0 Å². The number of benzene rings is 1. The van der Waals surface area contributed by atoms with Crippen molar-refractivity contribution in [3.05, 3.63) is 35.9 Å². The zero-order valence-electron chi connectivity index (χ0n) is 10.6. The number of ether oxygens (including phenoxy) is 1. The van der Waals surface area contributed by atoms with E-state index in [0.29, 0.717) is 26.0 Å². The summed E-state index contributed by atoms with van der Waals surface area (Å²) < 4.78 is 5.28. The fourth-order valence-corrected chi connectivity index (χ4v) is 2.22. The number of amides is 1. The molecule has 1 N–H and O–H groups in total. The van der Waals surface area contributed by atoms with Gasteiger partial charge in [-0.25, -0.2) is 4.79 Å². The van der Waals surface area contributed by atoms with E-state index in [-0.39, 0.29) is 18.2 Å². The zero-order chi connectivity index (χ0) is 13.0. The number of piperidine rings is 1. The second-order valence-corrected chi connectivity index (χ2v) is 4.76. The number of aliphatic hydroxyl groups is 1. The minimum Gasteiger partial charge on any atom is -0.445 e. The molecule has 4 nitrogen and oxygen atoms in total. The number of carbonyl (C=O) groups excluding carboxylic acids is 1. The molecule has 0 aliphatic carbocycles. The van der Waals surface area contributed by atoms with Crippen molar-refractivity contribution in [3.8, 4) is 0 Å². The van der Waals surface area contributed by atoms with Crippen molar-refractivity contribution in [1.29, 1.82) is 0 Å². The van der Waals surface area contributed by atoms with Crippen molar-refractivity contribution in [3.63, 3.8) is 0 Å². The molecule has 1 aliphatic heterocycles. The topological polar surface area (TPSA) is 49.8 Å². The van der Waals surface area contributed by atoms with Gasteiger partial charge in [-0.1, -0.05) is 30.3 Å². The van der Waals surface area contributed by atoms with Crippen LogP contribution >= 0.6 is 0 Å². The number of likely N-dealkylation sites (tertiary alicyclic amines) is 1. The number of carbonyl (C=O) groups is 1. The number of rotatable bonds is 2. The van der Waals surface area contributed by atoms with Crippen LogP contribution in [-0.2, 0) is 11.3 Å². The molecule has 0 aromatic heterocycles. The first kappa shape index (κ1) is 12.9. The van der Waals surface area contributed by atoms with Gasteiger partial charge in [0.1, 0.15) is 6.61 Å². The normalized spacial score (nSPS) is 23.8. The Labute approximate surface area is 107 Å². The third-order valence-corrected chi connectivity index (χ3v) is 3.29. The summed E-state index contributed by atoms with van der Waals surface area (Å²) in [6.45, 7) is 2.80. The van der Waals surface area contributed by atoms with Crippen molar-refractivity contribution in [1.82, 2.24) is 4.90 Å². The smallest absolute Gasteiger partial charge is 0.410 e. The van der Waals surface area contributed by atoms with Gasteiger partial charge in [0.05, 0.1) is 6.10 Å². The van der Waals surface area contributed by atoms with E-state index in [1.54, 1.807) is 4.90 Å². The summed E-state index contributed by atoms with van der Waals surface area (Å²) in [5, 5.41) is 9.51. The highest BCUT2D eigenvalue weighted by atomic mass is 16.6. The Kier molecular flexibility index (Phi) is 4.20. The summed E-state index contributed by atoms with van der Waals surface area (Å²) in [6.07, 6.45) is 0.669. The summed E-state index contributed by atoms with van der Waals surface area (Å²) in [5.41, 5.74) is 0.982. The molecule has 0 saturated carbocycles. The number of hydrogen-bond acceptors (Lipinski definition) is 3. The van der Waals surface area contributed by atoms with Crippen LogP contribution in [0.25, 0.3) is 0 Å². The van der Waals surface area contributed by atoms with E-state index in [1.165, 1.54) is 0 Å². The van der Waals surface area contributed by atoms with Gasteiger partial charge in [-0.3, -0.25) is 0 Å². The highest BCUT2D eigenvalue weighted by Gasteiger charge is 2.28. The lowest BCUT2D eigenvalue weighted by Gasteiger charge is -2.34. The largest absolute Gasteiger partial charge is 0.445 e. The summed E-state index contributed by atoms with van der Waals surface area (Å²) >= 11 is 0. The maximum atomic E-state index is 11.9. The Hall–Kier alpha value is -1.55. The average Bonchev–Trinajstić information content (AvgIpc) is 2.37. The molecule has 1 saturated heterocycles. The van der Waals surface area contributed by atoms with E-state index in [0.717, 1.165) is 5.56 Å². The molecule has 18 heavy (non-hydrogen) atoms. The van der Waals surface area contributed by atoms with Crippen LogP contribution < -0.4 is 0 Å². The highest BCUT2D eigenvalue weighted by Crippen LogP contribution is 2.18. The van der Waals surface area contributed by atoms with Gasteiger partial charge in [-0.2, -0.15) is 0 Å². The van der Waals surface area contributed by atoms with E-state index in [2.05, 4.69) is 0 Å². The average molecular weight is 249 g/mol. The monoisotopic (exact) mass is 249 g/mol. The van der Waals surface area contributed by atoms with Gasteiger partial charge in [0.2, 0.25) is 0 Å². The fraction of sp³-hybridized carbons (Fsp3) is 0.500. The summed E-state index contributed by atoms with van der Waals surface area (Å²) in [6, 6.07) is 9.66. The molecule has 0 radical (unpaired) electrons. The van der Waals surface area contributed by atoms with Crippen molar-refractivity contribution in [2.45, 2.75) is 38.5 Å². The van der Waals surface area contributed by atoms with Crippen LogP contribution in [0.1, 0.15) is 25.3 Å². The molecule has 1 fully saturated rings. The lowest BCUT2D eigenvalue weighted by molar-refractivity contribution is 0.0316. The van der Waals surface area contributed by atoms with Crippen LogP contribution in [0.2, 0.25) is 0 Å². The molecule has 1 aromatic carbocycles. The van der Waals surface area contributed by atoms with Crippen molar-refractivity contribution in [2.24, 2.45) is 0 Å². The molecule has 1 amide bonds. The fourth-order valence-electron chi connectivity index (χ4n) is 2.22. The minimum atomic E-state index is -0.293. The van der Waals surface area contributed by atoms with Crippen LogP contribution in [0.3, 0.4) is 0 Å². The molecule has 1 aliphatic rings. The second-order valence-electron chi connectivity index (χ2n) is 4.76. The third-order valence-electron chi connectivity index (χ3n) is 3.29. The van der Waals surface area contributed by atoms with Gasteiger partial charge in [0.25, 0.3) is 0 Å². The molecule has 1 aromatic rings. The Morgan fingerprint density at radius 2 is 2.17 bits per heavy atom. The van der Waals surface area contributed by atoms with Gasteiger partial charge in [-0.05, 0) is 25.3 Å². The van der Waals surface area contributed by atoms with Gasteiger partial charge in [0, 0.05) is 12.6 Å². The van der Waals surface area contributed by atoms with Crippen LogP contribution in [-0.4, -0.2) is 34.8 Å². The molecular formula is C14H19NO3. The van der Waals surface area contributed by atoms with E-state index in [4.69, 9.17) is 4.74 Å². The molecule has 4 heteroatoms. The number of aliphatic hydroxyl groups excluding tert-OH is 1. The third kappa shape index (κ3) is 3.23. The van der Waals surface area contributed by atoms with Crippen LogP contribution in [0, 0.1) is 0 Å². The van der Waals surface area contributed by atoms with E-state index in [1.807, 2.05) is 37.3 Å². The first-order valence-electron chi connectivity index (χ1n) is 6.32. The van der Waals surface area contributed by atoms with Crippen molar-refractivity contribution >= 4 is 6.09 Å². The predicted octanol–water partition coefficient (Wildman–Crippen LogP) is 2.17. The molecule has 98 valence electrons. The van der Waals surface area contributed by atoms with Crippen molar-refractivity contribution in [2.75, 3.05) is 6.54 Å². The first-order chi connectivity index (χ1) is 8.66. The van der Waals surface area contributed by atoms with Gasteiger partial charge in [0.15, 0.2) is 0 Å². The quantitative estimate of drug-likeness (QED) is 0.874. The zero-order valence-corrected chi connectivity index (χ0v) is 10.6. The van der Waals surface area contributed by atoms with Gasteiger partial charge in [-0.15, -0.1) is 0 Å². The SMILES string of the molecule is C[C@@H]1CC(O)CCN1C(=O)OCc1ccccc1. The van der Waals surface area contributed by atoms with E-state index in [9.17, 15) is 9.90 Å². The second kappa shape index (κ2) is 5.87. The summed E-state index contributed by atoms with van der Waals surface area (Å²) in [4.78, 5) is 13.6. The van der Waals surface area contributed by atoms with E-state index < -0.39 is 0 Å². The maximum absolute atomic E-state index is 11.9. The van der Waals surface area contributed by atoms with Crippen LogP contribution in [0.4, 0.5) is 4.79 Å². The molecule has 0 bridgehead atoms. The molecule has 2 atom stereocenters. The predicted molar refractivity (Wildman–Crippen MR) is 68.0 cm³/mol. The lowest BCUT2D eigenvalue weighted by Crippen LogP contribution is -2.46. The standard InChI is InChI=1S/C14H19NO3/c1-11-9-13(16)7-8-15(11)14(17)18-10-12-5-3-2-4-6-12/h2-6,11,13,16H,7-10H2,1H3/t11-,13?/m1/s1. The lowest BCUT2D eigenvalue weighted by atomic mass is 10.0. The Morgan fingerprint density at radius 1 is 1.44 bits per heavy atom. The minimum absolute atomic E-state index is 0.0389. The number of hydrogen-bond donors (Lipinski definition) is 1. The number of nitrogens with zero attached hydrogens (tertiary/aromatic N) is 1. The Morgan fingerprint density at radius 3 is 2.83 bits per heavy atom. The molecule has 2 rings (SSSR count). The Balaban J connectivity index is 1.85. The van der Waals surface area contributed by atoms with Crippen molar-refractivity contribution < 1.29 is 14.6 Å².